The molecule has 0 radical (unpaired) electrons. The van der Waals surface area contributed by atoms with Crippen LogP contribution in [0.1, 0.15) is 96.5 Å². The van der Waals surface area contributed by atoms with Crippen molar-refractivity contribution in [3.63, 3.8) is 0 Å². The number of benzene rings is 3. The monoisotopic (exact) mass is 600 g/mol. The number of allylic oxidation sites excluding steroid dienone is 3. The Morgan fingerprint density at radius 3 is 2.09 bits per heavy atom. The van der Waals surface area contributed by atoms with Crippen molar-refractivity contribution in [3.05, 3.63) is 95.8 Å². The SMILES string of the molecule is CC/C=C/COc1ccc(-c2ccc(-c3ccc(C4=CCC(C5CCC(CCCCC)CC5)CC4)cc3F)cc2)c(F)c1F. The molecule has 2 aliphatic rings. The number of rotatable bonds is 12. The molecule has 5 rings (SSSR count). The second-order valence-electron chi connectivity index (χ2n) is 12.7. The third kappa shape index (κ3) is 7.86. The van der Waals surface area contributed by atoms with Gasteiger partial charge in [0, 0.05) is 11.1 Å². The lowest BCUT2D eigenvalue weighted by atomic mass is 9.70. The van der Waals surface area contributed by atoms with Crippen LogP contribution in [-0.2, 0) is 0 Å². The molecule has 0 saturated heterocycles. The fraction of sp³-hybridized carbons (Fsp3) is 0.450. The van der Waals surface area contributed by atoms with Crippen molar-refractivity contribution in [2.24, 2.45) is 17.8 Å². The number of hydrogen-bond donors (Lipinski definition) is 0. The van der Waals surface area contributed by atoms with Gasteiger partial charge in [-0.05, 0) is 96.7 Å². The van der Waals surface area contributed by atoms with E-state index in [0.717, 1.165) is 42.6 Å². The van der Waals surface area contributed by atoms with Crippen molar-refractivity contribution in [3.8, 4) is 28.0 Å². The topological polar surface area (TPSA) is 9.23 Å². The average molecular weight is 601 g/mol. The van der Waals surface area contributed by atoms with E-state index in [2.05, 4.69) is 13.0 Å². The highest BCUT2D eigenvalue weighted by atomic mass is 19.2. The van der Waals surface area contributed by atoms with E-state index in [1.165, 1.54) is 75.5 Å². The third-order valence-electron chi connectivity index (χ3n) is 9.86. The first kappa shape index (κ1) is 32.1. The van der Waals surface area contributed by atoms with Crippen molar-refractivity contribution >= 4 is 5.57 Å². The molecule has 3 aromatic rings. The van der Waals surface area contributed by atoms with Gasteiger partial charge in [-0.25, -0.2) is 8.78 Å². The second-order valence-corrected chi connectivity index (χ2v) is 12.7. The van der Waals surface area contributed by atoms with E-state index >= 15 is 4.39 Å². The Morgan fingerprint density at radius 2 is 1.43 bits per heavy atom. The Balaban J connectivity index is 1.19. The quantitative estimate of drug-likeness (QED) is 0.148. The van der Waals surface area contributed by atoms with Gasteiger partial charge in [0.15, 0.2) is 11.6 Å². The van der Waals surface area contributed by atoms with Gasteiger partial charge in [0.1, 0.15) is 12.4 Å². The molecule has 3 aromatic carbocycles. The Kier molecular flexibility index (Phi) is 11.4. The second kappa shape index (κ2) is 15.6. The van der Waals surface area contributed by atoms with Crippen molar-refractivity contribution in [1.29, 1.82) is 0 Å². The largest absolute Gasteiger partial charge is 0.486 e. The van der Waals surface area contributed by atoms with E-state index in [0.29, 0.717) is 16.7 Å². The minimum Gasteiger partial charge on any atom is -0.486 e. The van der Waals surface area contributed by atoms with Crippen molar-refractivity contribution < 1.29 is 17.9 Å². The van der Waals surface area contributed by atoms with Gasteiger partial charge in [0.2, 0.25) is 5.82 Å². The first-order chi connectivity index (χ1) is 21.5. The maximum atomic E-state index is 15.4. The van der Waals surface area contributed by atoms with E-state index in [1.54, 1.807) is 36.4 Å². The molecule has 0 aromatic heterocycles. The summed E-state index contributed by atoms with van der Waals surface area (Å²) in [5.74, 6) is 0.212. The summed E-state index contributed by atoms with van der Waals surface area (Å²) in [6.45, 7) is 4.45. The highest BCUT2D eigenvalue weighted by Crippen LogP contribution is 2.42. The molecule has 0 bridgehead atoms. The number of unbranched alkanes of at least 4 members (excludes halogenated alkanes) is 2. The smallest absolute Gasteiger partial charge is 0.201 e. The molecule has 1 fully saturated rings. The molecule has 234 valence electrons. The number of ether oxygens (including phenoxy) is 1. The average Bonchev–Trinajstić information content (AvgIpc) is 3.06. The van der Waals surface area contributed by atoms with Crippen molar-refractivity contribution in [1.82, 2.24) is 0 Å². The molecular weight excluding hydrogens is 553 g/mol. The van der Waals surface area contributed by atoms with E-state index in [9.17, 15) is 8.78 Å². The zero-order valence-electron chi connectivity index (χ0n) is 26.4. The third-order valence-corrected chi connectivity index (χ3v) is 9.86. The van der Waals surface area contributed by atoms with Crippen LogP contribution in [0.2, 0.25) is 0 Å². The molecule has 0 aliphatic heterocycles. The summed E-state index contributed by atoms with van der Waals surface area (Å²) in [4.78, 5) is 0. The summed E-state index contributed by atoms with van der Waals surface area (Å²) in [6.07, 6.45) is 21.3. The minimum absolute atomic E-state index is 0.116. The Hall–Kier alpha value is -3.27. The fourth-order valence-corrected chi connectivity index (χ4v) is 7.19. The maximum Gasteiger partial charge on any atom is 0.201 e. The molecule has 0 N–H and O–H groups in total. The minimum atomic E-state index is -1.01. The Bertz CT molecular complexity index is 1430. The van der Waals surface area contributed by atoms with Gasteiger partial charge in [0.05, 0.1) is 0 Å². The molecule has 2 aliphatic carbocycles. The number of hydrogen-bond acceptors (Lipinski definition) is 1. The lowest BCUT2D eigenvalue weighted by molar-refractivity contribution is 0.187. The molecule has 1 atom stereocenters. The summed E-state index contributed by atoms with van der Waals surface area (Å²) in [7, 11) is 0. The predicted molar refractivity (Wildman–Crippen MR) is 177 cm³/mol. The summed E-state index contributed by atoms with van der Waals surface area (Å²) >= 11 is 0. The van der Waals surface area contributed by atoms with Crippen LogP contribution in [0.5, 0.6) is 5.75 Å². The van der Waals surface area contributed by atoms with E-state index in [-0.39, 0.29) is 23.7 Å². The van der Waals surface area contributed by atoms with Crippen LogP contribution < -0.4 is 4.74 Å². The molecule has 1 unspecified atom stereocenters. The van der Waals surface area contributed by atoms with E-state index < -0.39 is 11.6 Å². The lowest BCUT2D eigenvalue weighted by Gasteiger charge is -2.35. The van der Waals surface area contributed by atoms with Crippen LogP contribution in [0, 0.1) is 35.2 Å². The standard InChI is InChI=1S/C40H47F3O/c1-3-5-7-9-28-10-12-29(13-11-28)30-14-16-31(17-15-30)34-22-23-35(37(41)27-34)32-18-20-33(21-19-32)36-24-25-38(40(43)39(36)42)44-26-8-6-4-2/h6,8,16,18-25,27-30H,3-5,7,9-15,17,26H2,1-2H3/b8-6+. The van der Waals surface area contributed by atoms with Gasteiger partial charge < -0.3 is 4.74 Å². The molecule has 1 nitrogen and oxygen atoms in total. The van der Waals surface area contributed by atoms with Crippen LogP contribution in [-0.4, -0.2) is 6.61 Å². The van der Waals surface area contributed by atoms with Crippen molar-refractivity contribution in [2.45, 2.75) is 90.9 Å². The van der Waals surface area contributed by atoms with E-state index in [1.807, 2.05) is 25.1 Å². The van der Waals surface area contributed by atoms with Crippen LogP contribution in [0.4, 0.5) is 13.2 Å². The van der Waals surface area contributed by atoms with E-state index in [4.69, 9.17) is 4.74 Å². The maximum absolute atomic E-state index is 15.4. The van der Waals surface area contributed by atoms with Gasteiger partial charge in [-0.15, -0.1) is 0 Å². The Morgan fingerprint density at radius 1 is 0.727 bits per heavy atom. The first-order valence-electron chi connectivity index (χ1n) is 16.8. The van der Waals surface area contributed by atoms with Crippen LogP contribution >= 0.6 is 0 Å². The van der Waals surface area contributed by atoms with Gasteiger partial charge in [-0.1, -0.05) is 107 Å². The summed E-state index contributed by atoms with van der Waals surface area (Å²) < 4.78 is 50.3. The van der Waals surface area contributed by atoms with Crippen molar-refractivity contribution in [2.75, 3.05) is 6.61 Å². The van der Waals surface area contributed by atoms with Gasteiger partial charge in [0.25, 0.3) is 0 Å². The summed E-state index contributed by atoms with van der Waals surface area (Å²) in [5.41, 5.74) is 4.08. The molecule has 44 heavy (non-hydrogen) atoms. The van der Waals surface area contributed by atoms with Crippen LogP contribution in [0.15, 0.2) is 72.8 Å². The number of halogens is 3. The molecule has 1 saturated carbocycles. The highest BCUT2D eigenvalue weighted by Gasteiger charge is 2.29. The molecule has 0 amide bonds. The summed E-state index contributed by atoms with van der Waals surface area (Å²) in [6, 6.07) is 15.4. The normalized spacial score (nSPS) is 20.6. The Labute approximate surface area is 262 Å². The predicted octanol–water partition coefficient (Wildman–Crippen LogP) is 12.4. The van der Waals surface area contributed by atoms with Crippen LogP contribution in [0.25, 0.3) is 27.8 Å². The molecular formula is C40H47F3O. The highest BCUT2D eigenvalue weighted by molar-refractivity contribution is 5.74. The molecule has 0 spiro atoms. The zero-order valence-corrected chi connectivity index (χ0v) is 26.4. The molecule has 4 heteroatoms. The summed E-state index contributed by atoms with van der Waals surface area (Å²) in [5, 5.41) is 0. The zero-order chi connectivity index (χ0) is 30.9. The first-order valence-corrected chi connectivity index (χ1v) is 16.8. The van der Waals surface area contributed by atoms with Gasteiger partial charge >= 0.3 is 0 Å². The lowest BCUT2D eigenvalue weighted by Crippen LogP contribution is -2.23. The van der Waals surface area contributed by atoms with Crippen LogP contribution in [0.3, 0.4) is 0 Å². The van der Waals surface area contributed by atoms with Gasteiger partial charge in [-0.3, -0.25) is 0 Å². The fourth-order valence-electron chi connectivity index (χ4n) is 7.19. The molecule has 0 heterocycles. The van der Waals surface area contributed by atoms with Gasteiger partial charge in [-0.2, -0.15) is 4.39 Å².